The summed E-state index contributed by atoms with van der Waals surface area (Å²) in [5.74, 6) is 1.37. The summed E-state index contributed by atoms with van der Waals surface area (Å²) in [7, 11) is 0. The number of amides is 2. The van der Waals surface area contributed by atoms with E-state index >= 15 is 0 Å². The molecular formula is C19H28N4O4. The lowest BCUT2D eigenvalue weighted by atomic mass is 9.85. The van der Waals surface area contributed by atoms with Crippen LogP contribution in [0.25, 0.3) is 0 Å². The highest BCUT2D eigenvalue weighted by molar-refractivity contribution is 5.86. The quantitative estimate of drug-likeness (QED) is 0.767. The lowest BCUT2D eigenvalue weighted by Gasteiger charge is -2.33. The number of aryl methyl sites for hydroxylation is 1. The number of hydrogen-bond donors (Lipinski definition) is 0. The van der Waals surface area contributed by atoms with E-state index in [-0.39, 0.29) is 29.9 Å². The largest absolute Gasteiger partial charge is 0.374 e. The van der Waals surface area contributed by atoms with Crippen molar-refractivity contribution in [2.75, 3.05) is 32.8 Å². The fraction of sp³-hybridized carbons (Fsp3) is 0.789. The predicted octanol–water partition coefficient (Wildman–Crippen LogP) is 1.19. The van der Waals surface area contributed by atoms with Gasteiger partial charge in [0.2, 0.25) is 17.7 Å². The SMILES string of the molecule is CCc1nc(C[C@@H]2CN(C(=O)CN3CC4(CCCC4)CC3=O)CCO2)no1. The van der Waals surface area contributed by atoms with Gasteiger partial charge in [-0.3, -0.25) is 9.59 Å². The Hall–Kier alpha value is -1.96. The average Bonchev–Trinajstić information content (AvgIpc) is 3.37. The summed E-state index contributed by atoms with van der Waals surface area (Å²) >= 11 is 0. The Labute approximate surface area is 159 Å². The van der Waals surface area contributed by atoms with Crippen molar-refractivity contribution < 1.29 is 18.8 Å². The van der Waals surface area contributed by atoms with Crippen molar-refractivity contribution in [2.45, 2.75) is 58.0 Å². The Morgan fingerprint density at radius 1 is 1.33 bits per heavy atom. The molecule has 0 radical (unpaired) electrons. The summed E-state index contributed by atoms with van der Waals surface area (Å²) in [6, 6.07) is 0. The van der Waals surface area contributed by atoms with Crippen LogP contribution in [0.2, 0.25) is 0 Å². The topological polar surface area (TPSA) is 88.8 Å². The van der Waals surface area contributed by atoms with Crippen LogP contribution >= 0.6 is 0 Å². The summed E-state index contributed by atoms with van der Waals surface area (Å²) in [4.78, 5) is 33.1. The van der Waals surface area contributed by atoms with Gasteiger partial charge in [0.25, 0.3) is 0 Å². The fourth-order valence-electron chi connectivity index (χ4n) is 4.64. The van der Waals surface area contributed by atoms with Gasteiger partial charge >= 0.3 is 0 Å². The van der Waals surface area contributed by atoms with Crippen molar-refractivity contribution >= 4 is 11.8 Å². The van der Waals surface area contributed by atoms with Crippen molar-refractivity contribution in [2.24, 2.45) is 5.41 Å². The molecule has 3 aliphatic rings. The third-order valence-electron chi connectivity index (χ3n) is 6.11. The van der Waals surface area contributed by atoms with Crippen molar-refractivity contribution in [3.05, 3.63) is 11.7 Å². The van der Waals surface area contributed by atoms with Gasteiger partial charge in [0.15, 0.2) is 5.82 Å². The lowest BCUT2D eigenvalue weighted by molar-refractivity contribution is -0.143. The van der Waals surface area contributed by atoms with Crippen molar-refractivity contribution in [1.82, 2.24) is 19.9 Å². The van der Waals surface area contributed by atoms with Crippen LogP contribution in [0, 0.1) is 5.41 Å². The zero-order valence-corrected chi connectivity index (χ0v) is 16.0. The van der Waals surface area contributed by atoms with Gasteiger partial charge in [-0.2, -0.15) is 4.98 Å². The highest BCUT2D eigenvalue weighted by Gasteiger charge is 2.45. The first-order chi connectivity index (χ1) is 13.1. The second-order valence-corrected chi connectivity index (χ2v) is 8.13. The minimum Gasteiger partial charge on any atom is -0.374 e. The van der Waals surface area contributed by atoms with E-state index in [1.807, 2.05) is 11.8 Å². The maximum absolute atomic E-state index is 12.8. The number of carbonyl (C=O) groups is 2. The smallest absolute Gasteiger partial charge is 0.242 e. The number of carbonyl (C=O) groups excluding carboxylic acids is 2. The highest BCUT2D eigenvalue weighted by Crippen LogP contribution is 2.45. The van der Waals surface area contributed by atoms with Crippen LogP contribution in [0.4, 0.5) is 0 Å². The molecule has 4 rings (SSSR count). The minimum absolute atomic E-state index is 0.00839. The van der Waals surface area contributed by atoms with Gasteiger partial charge in [0.1, 0.15) is 0 Å². The zero-order chi connectivity index (χ0) is 18.9. The number of rotatable bonds is 5. The van der Waals surface area contributed by atoms with Gasteiger partial charge in [-0.25, -0.2) is 0 Å². The molecule has 3 heterocycles. The number of aromatic nitrogens is 2. The Kier molecular flexibility index (Phi) is 5.16. The van der Waals surface area contributed by atoms with Gasteiger partial charge < -0.3 is 19.1 Å². The van der Waals surface area contributed by atoms with E-state index in [9.17, 15) is 9.59 Å². The highest BCUT2D eigenvalue weighted by atomic mass is 16.5. The molecule has 0 unspecified atom stereocenters. The number of hydrogen-bond acceptors (Lipinski definition) is 6. The molecule has 1 atom stereocenters. The maximum atomic E-state index is 12.8. The summed E-state index contributed by atoms with van der Waals surface area (Å²) in [5.41, 5.74) is 0.139. The Morgan fingerprint density at radius 3 is 2.89 bits per heavy atom. The molecule has 1 saturated carbocycles. The molecule has 2 aliphatic heterocycles. The number of morpholine rings is 1. The first-order valence-electron chi connectivity index (χ1n) is 10.1. The van der Waals surface area contributed by atoms with Crippen LogP contribution in [-0.2, 0) is 27.2 Å². The predicted molar refractivity (Wildman–Crippen MR) is 95.8 cm³/mol. The van der Waals surface area contributed by atoms with E-state index < -0.39 is 0 Å². The van der Waals surface area contributed by atoms with Gasteiger partial charge in [-0.15, -0.1) is 0 Å². The third-order valence-corrected chi connectivity index (χ3v) is 6.11. The Morgan fingerprint density at radius 2 is 2.15 bits per heavy atom. The number of ether oxygens (including phenoxy) is 1. The second kappa shape index (κ2) is 7.58. The van der Waals surface area contributed by atoms with Crippen LogP contribution in [0.15, 0.2) is 4.52 Å². The van der Waals surface area contributed by atoms with E-state index in [2.05, 4.69) is 10.1 Å². The van der Waals surface area contributed by atoms with Crippen LogP contribution in [0.1, 0.15) is 50.7 Å². The first kappa shape index (κ1) is 18.4. The molecule has 1 spiro atoms. The molecule has 0 bridgehead atoms. The van der Waals surface area contributed by atoms with E-state index in [4.69, 9.17) is 9.26 Å². The van der Waals surface area contributed by atoms with Gasteiger partial charge in [-0.1, -0.05) is 24.9 Å². The van der Waals surface area contributed by atoms with Crippen LogP contribution in [0.5, 0.6) is 0 Å². The third kappa shape index (κ3) is 4.00. The van der Waals surface area contributed by atoms with Crippen LogP contribution in [0.3, 0.4) is 0 Å². The molecule has 1 aliphatic carbocycles. The summed E-state index contributed by atoms with van der Waals surface area (Å²) in [6.45, 7) is 4.46. The van der Waals surface area contributed by atoms with E-state index in [0.717, 1.165) is 19.4 Å². The first-order valence-corrected chi connectivity index (χ1v) is 10.1. The summed E-state index contributed by atoms with van der Waals surface area (Å²) in [5, 5.41) is 3.96. The minimum atomic E-state index is -0.138. The van der Waals surface area contributed by atoms with Crippen LogP contribution in [-0.4, -0.2) is 70.6 Å². The molecule has 27 heavy (non-hydrogen) atoms. The van der Waals surface area contributed by atoms with Crippen molar-refractivity contribution in [1.29, 1.82) is 0 Å². The molecule has 0 aromatic carbocycles. The molecule has 0 N–H and O–H groups in total. The Balaban J connectivity index is 1.31. The van der Waals surface area contributed by atoms with Gasteiger partial charge in [-0.05, 0) is 18.3 Å². The van der Waals surface area contributed by atoms with E-state index in [1.54, 1.807) is 4.90 Å². The van der Waals surface area contributed by atoms with E-state index in [1.165, 1.54) is 12.8 Å². The van der Waals surface area contributed by atoms with Crippen molar-refractivity contribution in [3.8, 4) is 0 Å². The molecule has 1 aromatic heterocycles. The van der Waals surface area contributed by atoms with Crippen molar-refractivity contribution in [3.63, 3.8) is 0 Å². The molecule has 8 heteroatoms. The maximum Gasteiger partial charge on any atom is 0.242 e. The molecule has 1 aromatic rings. The molecule has 2 saturated heterocycles. The normalized spacial score (nSPS) is 24.9. The summed E-state index contributed by atoms with van der Waals surface area (Å²) in [6.07, 6.45) is 6.35. The number of likely N-dealkylation sites (tertiary alicyclic amines) is 1. The molecule has 3 fully saturated rings. The second-order valence-electron chi connectivity index (χ2n) is 8.13. The summed E-state index contributed by atoms with van der Waals surface area (Å²) < 4.78 is 10.9. The standard InChI is InChI=1S/C19H28N4O4/c1-2-16-20-15(21-27-16)9-14-11-22(7-8-26-14)18(25)12-23-13-19(10-17(23)24)5-3-4-6-19/h14H,2-13H2,1H3/t14-/m1/s1. The van der Waals surface area contributed by atoms with Gasteiger partial charge in [0, 0.05) is 38.9 Å². The number of nitrogens with zero attached hydrogens (tertiary/aromatic N) is 4. The molecule has 148 valence electrons. The molecule has 8 nitrogen and oxygen atoms in total. The Bertz CT molecular complexity index is 698. The fourth-order valence-corrected chi connectivity index (χ4v) is 4.64. The van der Waals surface area contributed by atoms with Crippen LogP contribution < -0.4 is 0 Å². The average molecular weight is 376 g/mol. The lowest BCUT2D eigenvalue weighted by Crippen LogP contribution is -2.50. The van der Waals surface area contributed by atoms with E-state index in [0.29, 0.717) is 50.7 Å². The molecular weight excluding hydrogens is 348 g/mol. The zero-order valence-electron chi connectivity index (χ0n) is 16.0. The monoisotopic (exact) mass is 376 g/mol. The molecule has 2 amide bonds. The van der Waals surface area contributed by atoms with Gasteiger partial charge in [0.05, 0.1) is 19.3 Å².